The molecule has 0 aliphatic carbocycles. The second kappa shape index (κ2) is 45.4. The highest BCUT2D eigenvalue weighted by atomic mass is 31.2. The minimum atomic E-state index is -4.63. The summed E-state index contributed by atoms with van der Waals surface area (Å²) < 4.78 is 33.4. The molecule has 11 heteroatoms. The van der Waals surface area contributed by atoms with E-state index in [9.17, 15) is 19.0 Å². The van der Waals surface area contributed by atoms with E-state index in [1.807, 2.05) is 0 Å². The van der Waals surface area contributed by atoms with E-state index < -0.39 is 45.1 Å². The van der Waals surface area contributed by atoms with E-state index in [0.717, 1.165) is 64.2 Å². The lowest BCUT2D eigenvalue weighted by Gasteiger charge is -2.20. The monoisotopic (exact) mass is 878 g/mol. The highest BCUT2D eigenvalue weighted by molar-refractivity contribution is 7.47. The Bertz CT molecular complexity index is 1250. The first kappa shape index (κ1) is 58.4. The van der Waals surface area contributed by atoms with Crippen LogP contribution in [0.4, 0.5) is 0 Å². The van der Waals surface area contributed by atoms with Crippen LogP contribution in [0.15, 0.2) is 72.9 Å². The van der Waals surface area contributed by atoms with Gasteiger partial charge >= 0.3 is 19.8 Å². The number of aliphatic carboxylic acids is 1. The number of carbonyl (C=O) groups excluding carboxylic acids is 1. The standard InChI is InChI=1S/C50H88NO9P/c1-3-5-7-9-11-13-15-17-19-20-21-22-23-24-25-26-27-29-31-33-35-37-39-41-43-57-44-47(45-58-61(55,56)59-46-48(51)50(53)54)60-49(52)42-40-38-36-34-32-30-28-18-16-14-12-10-8-6-4-2/h6,8,12,14-15,17-18,20-21,28,32,34,47-48H,3-5,7,9-11,13,16,19,22-27,29-31,33,35-46,51H2,1-2H3,(H,53,54)(H,55,56)/b8-6-,14-12-,17-15-,21-20-,28-18-,34-32-. The molecule has 0 aromatic carbocycles. The Hall–Kier alpha value is -2.59. The Morgan fingerprint density at radius 1 is 0.541 bits per heavy atom. The summed E-state index contributed by atoms with van der Waals surface area (Å²) in [6.45, 7) is 3.70. The Morgan fingerprint density at radius 3 is 1.43 bits per heavy atom. The van der Waals surface area contributed by atoms with Crippen molar-refractivity contribution in [2.24, 2.45) is 5.73 Å². The number of hydrogen-bond donors (Lipinski definition) is 3. The highest BCUT2D eigenvalue weighted by Crippen LogP contribution is 2.43. The molecule has 0 heterocycles. The number of allylic oxidation sites excluding steroid dienone is 12. The van der Waals surface area contributed by atoms with Gasteiger partial charge in [-0.1, -0.05) is 177 Å². The Morgan fingerprint density at radius 2 is 0.951 bits per heavy atom. The van der Waals surface area contributed by atoms with Gasteiger partial charge in [-0.05, 0) is 83.5 Å². The fourth-order valence-electron chi connectivity index (χ4n) is 6.27. The lowest BCUT2D eigenvalue weighted by atomic mass is 10.0. The van der Waals surface area contributed by atoms with E-state index in [0.29, 0.717) is 13.0 Å². The maximum absolute atomic E-state index is 12.6. The summed E-state index contributed by atoms with van der Waals surface area (Å²) in [6.07, 6.45) is 56.8. The predicted molar refractivity (Wildman–Crippen MR) is 254 cm³/mol. The number of carboxylic acids is 1. The number of phosphoric acid groups is 1. The van der Waals surface area contributed by atoms with Crippen LogP contribution in [0.5, 0.6) is 0 Å². The van der Waals surface area contributed by atoms with Crippen LogP contribution in [0.1, 0.15) is 194 Å². The Balaban J connectivity index is 4.18. The summed E-state index contributed by atoms with van der Waals surface area (Å²) in [5.74, 6) is -1.82. The maximum Gasteiger partial charge on any atom is 0.472 e. The summed E-state index contributed by atoms with van der Waals surface area (Å²) >= 11 is 0. The third kappa shape index (κ3) is 45.3. The first-order chi connectivity index (χ1) is 29.7. The van der Waals surface area contributed by atoms with Crippen molar-refractivity contribution in [1.29, 1.82) is 0 Å². The topological polar surface area (TPSA) is 155 Å². The Labute approximate surface area is 372 Å². The van der Waals surface area contributed by atoms with Gasteiger partial charge in [-0.2, -0.15) is 0 Å². The number of carbonyl (C=O) groups is 2. The molecule has 0 aliphatic rings. The molecule has 61 heavy (non-hydrogen) atoms. The largest absolute Gasteiger partial charge is 0.480 e. The molecule has 0 saturated carbocycles. The zero-order valence-corrected chi connectivity index (χ0v) is 39.4. The van der Waals surface area contributed by atoms with Gasteiger partial charge in [0.05, 0.1) is 19.8 Å². The van der Waals surface area contributed by atoms with Gasteiger partial charge < -0.3 is 25.2 Å². The zero-order chi connectivity index (χ0) is 44.8. The van der Waals surface area contributed by atoms with Crippen LogP contribution in [0.25, 0.3) is 0 Å². The molecule has 352 valence electrons. The van der Waals surface area contributed by atoms with Crippen molar-refractivity contribution in [3.8, 4) is 0 Å². The molecule has 0 bridgehead atoms. The fourth-order valence-corrected chi connectivity index (χ4v) is 7.05. The van der Waals surface area contributed by atoms with Crippen molar-refractivity contribution in [2.75, 3.05) is 26.4 Å². The smallest absolute Gasteiger partial charge is 0.472 e. The minimum Gasteiger partial charge on any atom is -0.480 e. The van der Waals surface area contributed by atoms with Crippen molar-refractivity contribution in [2.45, 2.75) is 206 Å². The third-order valence-corrected chi connectivity index (χ3v) is 10.9. The van der Waals surface area contributed by atoms with Crippen molar-refractivity contribution >= 4 is 19.8 Å². The molecule has 0 fully saturated rings. The molecule has 0 aromatic heterocycles. The van der Waals surface area contributed by atoms with Crippen LogP contribution in [-0.2, 0) is 32.7 Å². The molecule has 0 saturated heterocycles. The summed E-state index contributed by atoms with van der Waals surface area (Å²) in [4.78, 5) is 33.6. The molecular formula is C50H88NO9P. The first-order valence-corrected chi connectivity index (χ1v) is 25.5. The average molecular weight is 878 g/mol. The van der Waals surface area contributed by atoms with Crippen molar-refractivity contribution in [3.63, 3.8) is 0 Å². The number of nitrogens with two attached hydrogens (primary N) is 1. The second-order valence-electron chi connectivity index (χ2n) is 15.9. The molecule has 0 radical (unpaired) electrons. The van der Waals surface area contributed by atoms with E-state index in [2.05, 4.69) is 86.8 Å². The van der Waals surface area contributed by atoms with E-state index in [-0.39, 0.29) is 13.0 Å². The quantitative estimate of drug-likeness (QED) is 0.0233. The third-order valence-electron chi connectivity index (χ3n) is 9.97. The van der Waals surface area contributed by atoms with Gasteiger partial charge in [-0.25, -0.2) is 4.57 Å². The number of carboxylic acid groups (broad SMARTS) is 1. The summed E-state index contributed by atoms with van der Waals surface area (Å²) in [5.41, 5.74) is 5.36. The molecule has 0 spiro atoms. The molecule has 0 aliphatic heterocycles. The number of phosphoric ester groups is 1. The molecule has 10 nitrogen and oxygen atoms in total. The molecule has 0 aromatic rings. The van der Waals surface area contributed by atoms with Crippen molar-refractivity contribution < 1.29 is 42.7 Å². The number of unbranched alkanes of at least 4 members (excludes halogenated alkanes) is 19. The Kier molecular flexibility index (Phi) is 43.5. The van der Waals surface area contributed by atoms with Crippen LogP contribution in [-0.4, -0.2) is 60.5 Å². The normalized spacial score (nSPS) is 14.4. The number of esters is 1. The van der Waals surface area contributed by atoms with E-state index in [4.69, 9.17) is 29.4 Å². The van der Waals surface area contributed by atoms with Crippen LogP contribution in [0.2, 0.25) is 0 Å². The van der Waals surface area contributed by atoms with Crippen LogP contribution in [0, 0.1) is 0 Å². The number of hydrogen-bond acceptors (Lipinski definition) is 8. The second-order valence-corrected chi connectivity index (χ2v) is 17.3. The van der Waals surface area contributed by atoms with Crippen LogP contribution < -0.4 is 5.73 Å². The molecule has 3 unspecified atom stereocenters. The van der Waals surface area contributed by atoms with Gasteiger partial charge in [0, 0.05) is 13.0 Å². The maximum atomic E-state index is 12.6. The average Bonchev–Trinajstić information content (AvgIpc) is 3.24. The summed E-state index contributed by atoms with van der Waals surface area (Å²) in [6, 6.07) is -1.48. The molecule has 0 rings (SSSR count). The van der Waals surface area contributed by atoms with Gasteiger partial charge in [0.25, 0.3) is 0 Å². The van der Waals surface area contributed by atoms with Crippen LogP contribution in [0.3, 0.4) is 0 Å². The summed E-state index contributed by atoms with van der Waals surface area (Å²) in [5, 5.41) is 8.91. The zero-order valence-electron chi connectivity index (χ0n) is 38.5. The predicted octanol–water partition coefficient (Wildman–Crippen LogP) is 13.8. The molecule has 0 amide bonds. The fraction of sp³-hybridized carbons (Fsp3) is 0.720. The highest BCUT2D eigenvalue weighted by Gasteiger charge is 2.27. The lowest BCUT2D eigenvalue weighted by Crippen LogP contribution is -2.34. The van der Waals surface area contributed by atoms with Gasteiger partial charge in [0.1, 0.15) is 12.1 Å². The SMILES string of the molecule is CC/C=C\C/C=C\C/C=C\C/C=C\CCCCC(=O)OC(COCCCCCCCCCCCCCC/C=C\C/C=C\CCCCCCC)COP(=O)(O)OCC(N)C(=O)O. The van der Waals surface area contributed by atoms with Crippen LogP contribution >= 0.6 is 7.82 Å². The number of rotatable bonds is 45. The molecule has 3 atom stereocenters. The van der Waals surface area contributed by atoms with Crippen molar-refractivity contribution in [3.05, 3.63) is 72.9 Å². The molecular weight excluding hydrogens is 790 g/mol. The van der Waals surface area contributed by atoms with E-state index >= 15 is 0 Å². The molecule has 4 N–H and O–H groups in total. The number of ether oxygens (including phenoxy) is 2. The van der Waals surface area contributed by atoms with Crippen molar-refractivity contribution in [1.82, 2.24) is 0 Å². The lowest BCUT2D eigenvalue weighted by molar-refractivity contribution is -0.154. The van der Waals surface area contributed by atoms with Gasteiger partial charge in [-0.3, -0.25) is 18.6 Å². The van der Waals surface area contributed by atoms with E-state index in [1.165, 1.54) is 103 Å². The summed E-state index contributed by atoms with van der Waals surface area (Å²) in [7, 11) is -4.63. The first-order valence-electron chi connectivity index (χ1n) is 24.0. The minimum absolute atomic E-state index is 0.00398. The van der Waals surface area contributed by atoms with E-state index in [1.54, 1.807) is 0 Å². The van der Waals surface area contributed by atoms with Gasteiger partial charge in [0.2, 0.25) is 0 Å². The van der Waals surface area contributed by atoms with Gasteiger partial charge in [-0.15, -0.1) is 0 Å². The van der Waals surface area contributed by atoms with Gasteiger partial charge in [0.15, 0.2) is 0 Å².